The monoisotopic (exact) mass is 713 g/mol. The highest BCUT2D eigenvalue weighted by molar-refractivity contribution is 5.75. The van der Waals surface area contributed by atoms with E-state index in [2.05, 4.69) is 58.0 Å². The lowest BCUT2D eigenvalue weighted by Crippen LogP contribution is -2.41. The summed E-state index contributed by atoms with van der Waals surface area (Å²) in [6.07, 6.45) is 0.828. The van der Waals surface area contributed by atoms with Crippen molar-refractivity contribution in [3.05, 3.63) is 154 Å². The molecule has 0 aliphatic carbocycles. The smallest absolute Gasteiger partial charge is 0.315 e. The Morgan fingerprint density at radius 1 is 0.774 bits per heavy atom. The number of hydrogen-bond donors (Lipinski definition) is 3. The SMILES string of the molecule is COc1cc2c(cc1OC)CN(CC1CC(c3ccc(CO)cc3)OC(c3ccc(-c4ccccc4CNC(=O)NCc4ccccc4)cc3)O1)CC2. The Bertz CT molecular complexity index is 1970. The van der Waals surface area contributed by atoms with Crippen LogP contribution < -0.4 is 20.1 Å². The third-order valence-corrected chi connectivity index (χ3v) is 10.1. The number of hydrogen-bond acceptors (Lipinski definition) is 7. The van der Waals surface area contributed by atoms with Crippen molar-refractivity contribution in [1.82, 2.24) is 15.5 Å². The summed E-state index contributed by atoms with van der Waals surface area (Å²) in [7, 11) is 3.35. The van der Waals surface area contributed by atoms with Crippen LogP contribution in [0.4, 0.5) is 4.79 Å². The van der Waals surface area contributed by atoms with Gasteiger partial charge in [0.05, 0.1) is 33.0 Å². The molecule has 3 atom stereocenters. The number of urea groups is 1. The Labute approximate surface area is 311 Å². The summed E-state index contributed by atoms with van der Waals surface area (Å²) in [5, 5.41) is 15.6. The maximum Gasteiger partial charge on any atom is 0.315 e. The van der Waals surface area contributed by atoms with Crippen LogP contribution in [-0.2, 0) is 42.1 Å². The van der Waals surface area contributed by atoms with Gasteiger partial charge in [-0.25, -0.2) is 4.79 Å². The van der Waals surface area contributed by atoms with Crippen LogP contribution in [0.1, 0.15) is 57.8 Å². The number of rotatable bonds is 12. The number of aliphatic hydroxyl groups is 1. The van der Waals surface area contributed by atoms with Crippen molar-refractivity contribution in [1.29, 1.82) is 0 Å². The van der Waals surface area contributed by atoms with Gasteiger partial charge in [-0.2, -0.15) is 0 Å². The van der Waals surface area contributed by atoms with Gasteiger partial charge in [0.25, 0.3) is 0 Å². The second kappa shape index (κ2) is 17.1. The molecule has 1 saturated heterocycles. The van der Waals surface area contributed by atoms with Gasteiger partial charge in [0, 0.05) is 44.7 Å². The van der Waals surface area contributed by atoms with Crippen molar-refractivity contribution < 1.29 is 28.8 Å². The standard InChI is InChI=1S/C44H47N3O6/c1-50-41-22-35-20-21-47(27-37(35)23-42(41)51-2)28-38-24-40(33-14-12-31(29-48)13-15-33)53-43(52-38)34-18-16-32(17-19-34)39-11-7-6-10-36(39)26-46-44(49)45-25-30-8-4-3-5-9-30/h3-19,22-23,38,40,43,48H,20-21,24-29H2,1-2H3,(H2,45,46,49). The number of ether oxygens (including phenoxy) is 4. The molecular weight excluding hydrogens is 666 g/mol. The maximum atomic E-state index is 12.6. The second-order valence-electron chi connectivity index (χ2n) is 13.6. The van der Waals surface area contributed by atoms with E-state index >= 15 is 0 Å². The third-order valence-electron chi connectivity index (χ3n) is 10.1. The molecule has 3 N–H and O–H groups in total. The summed E-state index contributed by atoms with van der Waals surface area (Å²) >= 11 is 0. The molecular formula is C44H47N3O6. The van der Waals surface area contributed by atoms with Gasteiger partial charge in [-0.1, -0.05) is 103 Å². The van der Waals surface area contributed by atoms with Gasteiger partial charge in [-0.15, -0.1) is 0 Å². The molecule has 3 unspecified atom stereocenters. The van der Waals surface area contributed by atoms with Crippen molar-refractivity contribution in [2.45, 2.75) is 57.6 Å². The molecule has 53 heavy (non-hydrogen) atoms. The molecule has 2 aliphatic heterocycles. The van der Waals surface area contributed by atoms with Crippen LogP contribution in [0.3, 0.4) is 0 Å². The summed E-state index contributed by atoms with van der Waals surface area (Å²) in [5.41, 5.74) is 9.55. The van der Waals surface area contributed by atoms with Crippen LogP contribution in [0.15, 0.2) is 115 Å². The van der Waals surface area contributed by atoms with Crippen molar-refractivity contribution in [2.24, 2.45) is 0 Å². The number of nitrogens with zero attached hydrogens (tertiary/aromatic N) is 1. The quantitative estimate of drug-likeness (QED) is 0.123. The first-order valence-corrected chi connectivity index (χ1v) is 18.2. The van der Waals surface area contributed by atoms with Crippen molar-refractivity contribution >= 4 is 6.03 Å². The van der Waals surface area contributed by atoms with Gasteiger partial charge in [-0.3, -0.25) is 4.90 Å². The Kier molecular flexibility index (Phi) is 11.7. The van der Waals surface area contributed by atoms with E-state index in [-0.39, 0.29) is 24.8 Å². The highest BCUT2D eigenvalue weighted by Gasteiger charge is 2.34. The molecule has 2 aliphatic rings. The predicted molar refractivity (Wildman–Crippen MR) is 204 cm³/mol. The molecule has 2 amide bonds. The molecule has 2 heterocycles. The predicted octanol–water partition coefficient (Wildman–Crippen LogP) is 7.47. The molecule has 0 aromatic heterocycles. The number of aliphatic hydroxyl groups excluding tert-OH is 1. The molecule has 0 spiro atoms. The number of carbonyl (C=O) groups excluding carboxylic acids is 1. The lowest BCUT2D eigenvalue weighted by atomic mass is 9.96. The summed E-state index contributed by atoms with van der Waals surface area (Å²) in [5.74, 6) is 1.51. The first kappa shape index (κ1) is 36.2. The molecule has 0 bridgehead atoms. The zero-order valence-corrected chi connectivity index (χ0v) is 30.3. The Morgan fingerprint density at radius 2 is 1.45 bits per heavy atom. The van der Waals surface area contributed by atoms with E-state index < -0.39 is 6.29 Å². The van der Waals surface area contributed by atoms with E-state index in [1.54, 1.807) is 14.2 Å². The lowest BCUT2D eigenvalue weighted by molar-refractivity contribution is -0.253. The zero-order valence-electron chi connectivity index (χ0n) is 30.3. The minimum atomic E-state index is -0.558. The van der Waals surface area contributed by atoms with Crippen molar-refractivity contribution in [3.8, 4) is 22.6 Å². The van der Waals surface area contributed by atoms with Crippen LogP contribution in [0.5, 0.6) is 11.5 Å². The molecule has 9 nitrogen and oxygen atoms in total. The highest BCUT2D eigenvalue weighted by atomic mass is 16.7. The first-order valence-electron chi connectivity index (χ1n) is 18.2. The summed E-state index contributed by atoms with van der Waals surface area (Å²) in [4.78, 5) is 15.0. The molecule has 274 valence electrons. The molecule has 0 saturated carbocycles. The molecule has 5 aromatic rings. The minimum Gasteiger partial charge on any atom is -0.493 e. The van der Waals surface area contributed by atoms with E-state index in [1.165, 1.54) is 11.1 Å². The van der Waals surface area contributed by atoms with Crippen LogP contribution in [0.25, 0.3) is 11.1 Å². The van der Waals surface area contributed by atoms with Crippen molar-refractivity contribution in [3.63, 3.8) is 0 Å². The Balaban J connectivity index is 1.05. The summed E-state index contributed by atoms with van der Waals surface area (Å²) < 4.78 is 24.5. The molecule has 5 aromatic carbocycles. The maximum absolute atomic E-state index is 12.6. The second-order valence-corrected chi connectivity index (χ2v) is 13.6. The molecule has 0 radical (unpaired) electrons. The van der Waals surface area contributed by atoms with Gasteiger partial charge in [0.2, 0.25) is 0 Å². The number of benzene rings is 5. The minimum absolute atomic E-state index is 0.000252. The fourth-order valence-corrected chi connectivity index (χ4v) is 7.21. The number of carbonyl (C=O) groups is 1. The van der Waals surface area contributed by atoms with Crippen LogP contribution >= 0.6 is 0 Å². The molecule has 7 rings (SSSR count). The third kappa shape index (κ3) is 8.89. The number of methoxy groups -OCH3 is 2. The molecule has 9 heteroatoms. The van der Waals surface area contributed by atoms with Crippen molar-refractivity contribution in [2.75, 3.05) is 27.3 Å². The van der Waals surface area contributed by atoms with E-state index in [0.717, 1.165) is 76.5 Å². The average molecular weight is 714 g/mol. The number of fused-ring (bicyclic) bond motifs is 1. The zero-order chi connectivity index (χ0) is 36.6. The van der Waals surface area contributed by atoms with Crippen LogP contribution in [0, 0.1) is 0 Å². The van der Waals surface area contributed by atoms with E-state index in [9.17, 15) is 9.90 Å². The molecule has 1 fully saturated rings. The van der Waals surface area contributed by atoms with Gasteiger partial charge < -0.3 is 34.7 Å². The van der Waals surface area contributed by atoms with Gasteiger partial charge >= 0.3 is 6.03 Å². The Hall–Kier alpha value is -5.19. The largest absolute Gasteiger partial charge is 0.493 e. The van der Waals surface area contributed by atoms with Gasteiger partial charge in [0.1, 0.15) is 0 Å². The summed E-state index contributed by atoms with van der Waals surface area (Å²) in [6, 6.07) is 38.3. The number of amides is 2. The van der Waals surface area contributed by atoms with Gasteiger partial charge in [0.15, 0.2) is 17.8 Å². The number of nitrogens with one attached hydrogen (secondary N) is 2. The fraction of sp³-hybridized carbons (Fsp3) is 0.295. The first-order chi connectivity index (χ1) is 26.0. The van der Waals surface area contributed by atoms with Gasteiger partial charge in [-0.05, 0) is 63.1 Å². The van der Waals surface area contributed by atoms with Crippen LogP contribution in [-0.4, -0.2) is 49.5 Å². The van der Waals surface area contributed by atoms with E-state index in [0.29, 0.717) is 19.5 Å². The average Bonchev–Trinajstić information content (AvgIpc) is 3.22. The Morgan fingerprint density at radius 3 is 2.19 bits per heavy atom. The van der Waals surface area contributed by atoms with E-state index in [1.807, 2.05) is 72.8 Å². The lowest BCUT2D eigenvalue weighted by Gasteiger charge is -2.39. The summed E-state index contributed by atoms with van der Waals surface area (Å²) in [6.45, 7) is 3.34. The topological polar surface area (TPSA) is 102 Å². The normalized spacial score (nSPS) is 18.5. The van der Waals surface area contributed by atoms with E-state index in [4.69, 9.17) is 18.9 Å². The van der Waals surface area contributed by atoms with Crippen LogP contribution in [0.2, 0.25) is 0 Å². The highest BCUT2D eigenvalue weighted by Crippen LogP contribution is 2.40. The fourth-order valence-electron chi connectivity index (χ4n) is 7.21.